The van der Waals surface area contributed by atoms with Crippen LogP contribution in [0.25, 0.3) is 16.9 Å². The number of amides is 1. The first-order chi connectivity index (χ1) is 11.0. The number of benzene rings is 1. The number of rotatable bonds is 3. The van der Waals surface area contributed by atoms with Crippen LogP contribution in [0.2, 0.25) is 0 Å². The zero-order valence-electron chi connectivity index (χ0n) is 13.1. The number of aryl methyl sites for hydroxylation is 2. The molecule has 0 bridgehead atoms. The topological polar surface area (TPSA) is 94.7 Å². The van der Waals surface area contributed by atoms with Crippen LogP contribution in [0.4, 0.5) is 0 Å². The third kappa shape index (κ3) is 2.59. The van der Waals surface area contributed by atoms with Gasteiger partial charge in [0.2, 0.25) is 5.91 Å². The Bertz CT molecular complexity index is 956. The monoisotopic (exact) mass is 312 g/mol. The van der Waals surface area contributed by atoms with Gasteiger partial charge in [0.1, 0.15) is 12.9 Å². The lowest BCUT2D eigenvalue weighted by atomic mass is 10.1. The van der Waals surface area contributed by atoms with Crippen LogP contribution in [-0.2, 0) is 11.3 Å². The predicted octanol–water partition coefficient (Wildman–Crippen LogP) is 0.340. The molecule has 0 unspecified atom stereocenters. The molecular formula is C15H16N6O2. The summed E-state index contributed by atoms with van der Waals surface area (Å²) in [6.07, 6.45) is 1.33. The highest BCUT2D eigenvalue weighted by Crippen LogP contribution is 2.15. The van der Waals surface area contributed by atoms with E-state index in [9.17, 15) is 9.59 Å². The minimum atomic E-state index is -0.395. The van der Waals surface area contributed by atoms with Gasteiger partial charge < -0.3 is 5.32 Å². The van der Waals surface area contributed by atoms with Crippen LogP contribution in [0.3, 0.4) is 0 Å². The second kappa shape index (κ2) is 5.64. The number of carbonyl (C=O) groups excluding carboxylic acids is 1. The molecule has 1 amide bonds. The van der Waals surface area contributed by atoms with Crippen LogP contribution in [-0.4, -0.2) is 37.5 Å². The van der Waals surface area contributed by atoms with Crippen molar-refractivity contribution in [2.45, 2.75) is 20.4 Å². The average molecular weight is 312 g/mol. The zero-order chi connectivity index (χ0) is 16.6. The van der Waals surface area contributed by atoms with Gasteiger partial charge in [0.15, 0.2) is 11.2 Å². The van der Waals surface area contributed by atoms with Crippen molar-refractivity contribution in [3.63, 3.8) is 0 Å². The predicted molar refractivity (Wildman–Crippen MR) is 84.5 cm³/mol. The molecule has 0 saturated heterocycles. The highest BCUT2D eigenvalue weighted by atomic mass is 16.2. The molecule has 0 aliphatic rings. The summed E-state index contributed by atoms with van der Waals surface area (Å²) in [7, 11) is 1.51. The molecule has 3 rings (SSSR count). The lowest BCUT2D eigenvalue weighted by molar-refractivity contribution is -0.121. The summed E-state index contributed by atoms with van der Waals surface area (Å²) in [5, 5.41) is 10.4. The van der Waals surface area contributed by atoms with Crippen LogP contribution in [0.5, 0.6) is 0 Å². The maximum Gasteiger partial charge on any atom is 0.284 e. The van der Waals surface area contributed by atoms with Crippen LogP contribution in [0.15, 0.2) is 29.3 Å². The van der Waals surface area contributed by atoms with Gasteiger partial charge in [0, 0.05) is 7.05 Å². The molecule has 8 nitrogen and oxygen atoms in total. The highest BCUT2D eigenvalue weighted by molar-refractivity contribution is 5.76. The number of carbonyl (C=O) groups is 1. The number of aromatic nitrogens is 5. The molecule has 2 heterocycles. The maximum absolute atomic E-state index is 12.4. The number of likely N-dealkylation sites (N-methyl/N-ethyl adjacent to an activating group) is 1. The number of nitrogens with one attached hydrogen (secondary N) is 1. The molecule has 2 aromatic heterocycles. The van der Waals surface area contributed by atoms with E-state index in [0.29, 0.717) is 5.65 Å². The van der Waals surface area contributed by atoms with E-state index >= 15 is 0 Å². The van der Waals surface area contributed by atoms with Crippen molar-refractivity contribution >= 4 is 17.1 Å². The molecule has 8 heteroatoms. The molecule has 0 fully saturated rings. The number of nitrogens with zero attached hydrogens (tertiary/aromatic N) is 5. The molecule has 118 valence electrons. The summed E-state index contributed by atoms with van der Waals surface area (Å²) in [4.78, 5) is 28.0. The second-order valence-electron chi connectivity index (χ2n) is 5.29. The van der Waals surface area contributed by atoms with E-state index in [0.717, 1.165) is 11.3 Å². The largest absolute Gasteiger partial charge is 0.358 e. The zero-order valence-corrected chi connectivity index (χ0v) is 13.1. The summed E-state index contributed by atoms with van der Waals surface area (Å²) in [6.45, 7) is 3.92. The molecule has 0 aliphatic heterocycles. The van der Waals surface area contributed by atoms with E-state index in [1.54, 1.807) is 0 Å². The molecule has 1 aromatic carbocycles. The molecule has 3 aromatic rings. The fourth-order valence-corrected chi connectivity index (χ4v) is 2.22. The minimum Gasteiger partial charge on any atom is -0.358 e. The van der Waals surface area contributed by atoms with Gasteiger partial charge in [0.05, 0.1) is 5.69 Å². The van der Waals surface area contributed by atoms with Crippen LogP contribution in [0.1, 0.15) is 11.1 Å². The van der Waals surface area contributed by atoms with Gasteiger partial charge in [-0.1, -0.05) is 11.3 Å². The molecule has 0 spiro atoms. The van der Waals surface area contributed by atoms with Crippen LogP contribution >= 0.6 is 0 Å². The van der Waals surface area contributed by atoms with Gasteiger partial charge >= 0.3 is 0 Å². The number of hydrogen-bond donors (Lipinski definition) is 1. The third-order valence-corrected chi connectivity index (χ3v) is 3.76. The van der Waals surface area contributed by atoms with Crippen molar-refractivity contribution in [3.05, 3.63) is 46.0 Å². The van der Waals surface area contributed by atoms with Gasteiger partial charge in [-0.05, 0) is 37.1 Å². The lowest BCUT2D eigenvalue weighted by Gasteiger charge is -2.06. The molecule has 0 radical (unpaired) electrons. The highest BCUT2D eigenvalue weighted by Gasteiger charge is 2.14. The first kappa shape index (κ1) is 14.9. The Morgan fingerprint density at radius 3 is 2.74 bits per heavy atom. The van der Waals surface area contributed by atoms with Gasteiger partial charge in [-0.3, -0.25) is 14.2 Å². The quantitative estimate of drug-likeness (QED) is 0.752. The van der Waals surface area contributed by atoms with Crippen molar-refractivity contribution in [2.75, 3.05) is 7.05 Å². The second-order valence-corrected chi connectivity index (χ2v) is 5.29. The normalized spacial score (nSPS) is 10.9. The third-order valence-electron chi connectivity index (χ3n) is 3.76. The Hall–Kier alpha value is -3.03. The Balaban J connectivity index is 2.11. The summed E-state index contributed by atoms with van der Waals surface area (Å²) in [5.41, 5.74) is 3.17. The van der Waals surface area contributed by atoms with Crippen LogP contribution in [0, 0.1) is 13.8 Å². The fraction of sp³-hybridized carbons (Fsp3) is 0.267. The van der Waals surface area contributed by atoms with Gasteiger partial charge in [-0.2, -0.15) is 4.68 Å². The smallest absolute Gasteiger partial charge is 0.284 e. The average Bonchev–Trinajstić information content (AvgIpc) is 2.97. The van der Waals surface area contributed by atoms with Crippen molar-refractivity contribution in [1.82, 2.24) is 29.9 Å². The summed E-state index contributed by atoms with van der Waals surface area (Å²) < 4.78 is 2.73. The Morgan fingerprint density at radius 2 is 2.04 bits per heavy atom. The first-order valence-electron chi connectivity index (χ1n) is 7.10. The van der Waals surface area contributed by atoms with Crippen molar-refractivity contribution in [2.24, 2.45) is 0 Å². The molecule has 1 N–H and O–H groups in total. The summed E-state index contributed by atoms with van der Waals surface area (Å²) in [5.74, 6) is -0.283. The molecule has 0 saturated carbocycles. The lowest BCUT2D eigenvalue weighted by Crippen LogP contribution is -2.30. The maximum atomic E-state index is 12.4. The standard InChI is InChI=1S/C15H16N6O2/c1-9-4-5-11(6-10(9)2)21-14-13(18-19-21)15(23)20(8-17-14)7-12(22)16-3/h4-6,8H,7H2,1-3H3,(H,16,22). The Morgan fingerprint density at radius 1 is 1.26 bits per heavy atom. The fourth-order valence-electron chi connectivity index (χ4n) is 2.22. The molecule has 23 heavy (non-hydrogen) atoms. The van der Waals surface area contributed by atoms with E-state index in [4.69, 9.17) is 0 Å². The van der Waals surface area contributed by atoms with E-state index < -0.39 is 5.56 Å². The van der Waals surface area contributed by atoms with Crippen LogP contribution < -0.4 is 10.9 Å². The number of hydrogen-bond acceptors (Lipinski definition) is 5. The van der Waals surface area contributed by atoms with Gasteiger partial charge in [-0.25, -0.2) is 4.98 Å². The van der Waals surface area contributed by atoms with Gasteiger partial charge in [0.25, 0.3) is 5.56 Å². The van der Waals surface area contributed by atoms with E-state index in [2.05, 4.69) is 20.6 Å². The van der Waals surface area contributed by atoms with Gasteiger partial charge in [-0.15, -0.1) is 5.10 Å². The van der Waals surface area contributed by atoms with Crippen molar-refractivity contribution in [3.8, 4) is 5.69 Å². The van der Waals surface area contributed by atoms with E-state index in [1.807, 2.05) is 32.0 Å². The molecule has 0 aliphatic carbocycles. The van der Waals surface area contributed by atoms with E-state index in [1.165, 1.54) is 28.2 Å². The number of fused-ring (bicyclic) bond motifs is 1. The molecule has 0 atom stereocenters. The van der Waals surface area contributed by atoms with E-state index in [-0.39, 0.29) is 18.0 Å². The van der Waals surface area contributed by atoms with Crippen molar-refractivity contribution < 1.29 is 4.79 Å². The SMILES string of the molecule is CNC(=O)Cn1cnc2c(nnn2-c2ccc(C)c(C)c2)c1=O. The van der Waals surface area contributed by atoms with Crippen molar-refractivity contribution in [1.29, 1.82) is 0 Å². The molecular weight excluding hydrogens is 296 g/mol. The summed E-state index contributed by atoms with van der Waals surface area (Å²) >= 11 is 0. The summed E-state index contributed by atoms with van der Waals surface area (Å²) in [6, 6.07) is 5.83. The Kier molecular flexibility index (Phi) is 3.65. The minimum absolute atomic E-state index is 0.102. The Labute approximate surface area is 131 Å². The first-order valence-corrected chi connectivity index (χ1v) is 7.10.